The molecular formula is C21H22N6O4. The molecule has 0 aliphatic rings. The summed E-state index contributed by atoms with van der Waals surface area (Å²) in [6, 6.07) is 13.4. The van der Waals surface area contributed by atoms with E-state index in [-0.39, 0.29) is 25.3 Å². The van der Waals surface area contributed by atoms with Crippen molar-refractivity contribution in [1.82, 2.24) is 10.6 Å². The number of aliphatic carboxylic acids is 1. The fourth-order valence-electron chi connectivity index (χ4n) is 2.63. The number of nitriles is 1. The summed E-state index contributed by atoms with van der Waals surface area (Å²) in [4.78, 5) is 39.3. The molecule has 2 aromatic carbocycles. The van der Waals surface area contributed by atoms with Gasteiger partial charge in [-0.1, -0.05) is 24.3 Å². The molecule has 160 valence electrons. The average molecular weight is 422 g/mol. The van der Waals surface area contributed by atoms with Crippen LogP contribution in [-0.2, 0) is 16.0 Å². The van der Waals surface area contributed by atoms with E-state index >= 15 is 0 Å². The van der Waals surface area contributed by atoms with Crippen molar-refractivity contribution < 1.29 is 19.5 Å². The maximum Gasteiger partial charge on any atom is 0.303 e. The highest BCUT2D eigenvalue weighted by Crippen LogP contribution is 2.17. The van der Waals surface area contributed by atoms with Crippen LogP contribution in [-0.4, -0.2) is 42.4 Å². The minimum Gasteiger partial charge on any atom is -0.481 e. The molecule has 0 aliphatic carbocycles. The fourth-order valence-corrected chi connectivity index (χ4v) is 2.63. The number of nitrogens with one attached hydrogen (secondary N) is 4. The SMILES string of the molecule is CN=C(NC#N)Nc1cccc(C(=O)NCC(=O)Nc2ccccc2CCC(=O)O)c1. The Labute approximate surface area is 179 Å². The van der Waals surface area contributed by atoms with Crippen molar-refractivity contribution in [3.8, 4) is 6.19 Å². The third-order valence-electron chi connectivity index (χ3n) is 4.09. The molecule has 0 bridgehead atoms. The first kappa shape index (κ1) is 22.9. The van der Waals surface area contributed by atoms with Crippen LogP contribution in [0.25, 0.3) is 0 Å². The molecule has 0 radical (unpaired) electrons. The number of hydrogen-bond donors (Lipinski definition) is 5. The summed E-state index contributed by atoms with van der Waals surface area (Å²) in [7, 11) is 1.50. The van der Waals surface area contributed by atoms with Crippen LogP contribution >= 0.6 is 0 Å². The zero-order chi connectivity index (χ0) is 22.6. The van der Waals surface area contributed by atoms with E-state index in [2.05, 4.69) is 26.3 Å². The minimum atomic E-state index is -0.925. The van der Waals surface area contributed by atoms with E-state index in [1.807, 2.05) is 0 Å². The van der Waals surface area contributed by atoms with Gasteiger partial charge < -0.3 is 21.1 Å². The molecule has 10 nitrogen and oxygen atoms in total. The summed E-state index contributed by atoms with van der Waals surface area (Å²) in [6.07, 6.45) is 1.98. The van der Waals surface area contributed by atoms with Crippen LogP contribution in [0.15, 0.2) is 53.5 Å². The van der Waals surface area contributed by atoms with Crippen molar-refractivity contribution in [1.29, 1.82) is 5.26 Å². The number of guanidine groups is 1. The summed E-state index contributed by atoms with van der Waals surface area (Å²) < 4.78 is 0. The van der Waals surface area contributed by atoms with Crippen LogP contribution in [0, 0.1) is 11.5 Å². The van der Waals surface area contributed by atoms with Crippen molar-refractivity contribution in [2.24, 2.45) is 4.99 Å². The van der Waals surface area contributed by atoms with Gasteiger partial charge in [0.05, 0.1) is 6.54 Å². The highest BCUT2D eigenvalue weighted by atomic mass is 16.4. The maximum atomic E-state index is 12.4. The number of carboxylic acids is 1. The number of carbonyl (C=O) groups excluding carboxylic acids is 2. The van der Waals surface area contributed by atoms with E-state index in [1.54, 1.807) is 54.7 Å². The number of rotatable bonds is 8. The Morgan fingerprint density at radius 2 is 1.87 bits per heavy atom. The molecule has 31 heavy (non-hydrogen) atoms. The highest BCUT2D eigenvalue weighted by Gasteiger charge is 2.11. The average Bonchev–Trinajstić information content (AvgIpc) is 2.76. The zero-order valence-electron chi connectivity index (χ0n) is 16.8. The second kappa shape index (κ2) is 11.6. The lowest BCUT2D eigenvalue weighted by molar-refractivity contribution is -0.137. The molecule has 0 saturated carbocycles. The first-order valence-corrected chi connectivity index (χ1v) is 9.29. The van der Waals surface area contributed by atoms with Gasteiger partial charge >= 0.3 is 5.97 Å². The number of amides is 2. The van der Waals surface area contributed by atoms with Crippen molar-refractivity contribution in [3.63, 3.8) is 0 Å². The van der Waals surface area contributed by atoms with E-state index < -0.39 is 17.8 Å². The topological polar surface area (TPSA) is 156 Å². The molecule has 0 fully saturated rings. The molecule has 0 spiro atoms. The molecule has 0 aliphatic heterocycles. The standard InChI is InChI=1S/C21H22N6O4/c1-23-21(25-13-22)26-16-7-4-6-15(11-16)20(31)24-12-18(28)27-17-8-3-2-5-14(17)9-10-19(29)30/h2-8,11H,9-10,12H2,1H3,(H,24,31)(H,27,28)(H,29,30)(H2,23,25,26). The largest absolute Gasteiger partial charge is 0.481 e. The van der Waals surface area contributed by atoms with Gasteiger partial charge in [0.25, 0.3) is 5.91 Å². The third-order valence-corrected chi connectivity index (χ3v) is 4.09. The Morgan fingerprint density at radius 1 is 1.10 bits per heavy atom. The Kier molecular flexibility index (Phi) is 8.55. The van der Waals surface area contributed by atoms with Crippen LogP contribution in [0.3, 0.4) is 0 Å². The normalized spacial score (nSPS) is 10.5. The Morgan fingerprint density at radius 3 is 2.58 bits per heavy atom. The van der Waals surface area contributed by atoms with Gasteiger partial charge in [0.15, 0.2) is 6.19 Å². The van der Waals surface area contributed by atoms with Gasteiger partial charge in [0, 0.05) is 30.4 Å². The summed E-state index contributed by atoms with van der Waals surface area (Å²) in [5, 5.41) is 28.0. The first-order valence-electron chi connectivity index (χ1n) is 9.29. The highest BCUT2D eigenvalue weighted by molar-refractivity contribution is 6.01. The monoisotopic (exact) mass is 422 g/mol. The number of hydrogen-bond acceptors (Lipinski definition) is 5. The lowest BCUT2D eigenvalue weighted by Crippen LogP contribution is -2.33. The van der Waals surface area contributed by atoms with E-state index in [0.717, 1.165) is 0 Å². The Hall–Kier alpha value is -4.39. The lowest BCUT2D eigenvalue weighted by atomic mass is 10.1. The summed E-state index contributed by atoms with van der Waals surface area (Å²) in [6.45, 7) is -0.262. The van der Waals surface area contributed by atoms with E-state index in [9.17, 15) is 14.4 Å². The smallest absolute Gasteiger partial charge is 0.303 e. The number of aryl methyl sites for hydroxylation is 1. The van der Waals surface area contributed by atoms with Crippen molar-refractivity contribution in [2.45, 2.75) is 12.8 Å². The number of benzene rings is 2. The van der Waals surface area contributed by atoms with Gasteiger partial charge in [-0.2, -0.15) is 5.26 Å². The first-order chi connectivity index (χ1) is 14.9. The van der Waals surface area contributed by atoms with Gasteiger partial charge in [0.1, 0.15) is 0 Å². The molecule has 0 aromatic heterocycles. The van der Waals surface area contributed by atoms with E-state index in [4.69, 9.17) is 10.4 Å². The quantitative estimate of drug-likeness (QED) is 0.187. The van der Waals surface area contributed by atoms with Crippen LogP contribution < -0.4 is 21.3 Å². The fraction of sp³-hybridized carbons (Fsp3) is 0.190. The number of anilines is 2. The van der Waals surface area contributed by atoms with Crippen LogP contribution in [0.4, 0.5) is 11.4 Å². The van der Waals surface area contributed by atoms with Gasteiger partial charge in [-0.25, -0.2) is 0 Å². The van der Waals surface area contributed by atoms with E-state index in [1.165, 1.54) is 7.05 Å². The predicted octanol–water partition coefficient (Wildman–Crippen LogP) is 1.54. The number of nitrogens with zero attached hydrogens (tertiary/aromatic N) is 2. The molecule has 2 amide bonds. The maximum absolute atomic E-state index is 12.4. The molecule has 10 heteroatoms. The Bertz CT molecular complexity index is 1030. The van der Waals surface area contributed by atoms with Crippen molar-refractivity contribution in [2.75, 3.05) is 24.2 Å². The van der Waals surface area contributed by atoms with Crippen LogP contribution in [0.5, 0.6) is 0 Å². The lowest BCUT2D eigenvalue weighted by Gasteiger charge is -2.12. The van der Waals surface area contributed by atoms with Gasteiger partial charge in [0.2, 0.25) is 11.9 Å². The summed E-state index contributed by atoms with van der Waals surface area (Å²) in [5.74, 6) is -1.60. The number of para-hydroxylation sites is 1. The Balaban J connectivity index is 1.95. The molecule has 5 N–H and O–H groups in total. The van der Waals surface area contributed by atoms with Gasteiger partial charge in [-0.15, -0.1) is 0 Å². The van der Waals surface area contributed by atoms with Crippen LogP contribution in [0.1, 0.15) is 22.3 Å². The molecule has 0 unspecified atom stereocenters. The third kappa shape index (κ3) is 7.51. The molecule has 0 heterocycles. The van der Waals surface area contributed by atoms with Crippen molar-refractivity contribution in [3.05, 3.63) is 59.7 Å². The minimum absolute atomic E-state index is 0.0532. The molecule has 2 aromatic rings. The summed E-state index contributed by atoms with van der Waals surface area (Å²) >= 11 is 0. The van der Waals surface area contributed by atoms with Gasteiger partial charge in [-0.05, 0) is 36.2 Å². The summed E-state index contributed by atoms with van der Waals surface area (Å²) in [5.41, 5.74) is 2.05. The second-order valence-corrected chi connectivity index (χ2v) is 6.30. The zero-order valence-corrected chi connectivity index (χ0v) is 16.8. The molecule has 2 rings (SSSR count). The number of carbonyl (C=O) groups is 3. The number of aliphatic imine (C=N–C) groups is 1. The number of carboxylic acid groups (broad SMARTS) is 1. The predicted molar refractivity (Wildman–Crippen MR) is 116 cm³/mol. The van der Waals surface area contributed by atoms with Gasteiger partial charge in [-0.3, -0.25) is 24.7 Å². The van der Waals surface area contributed by atoms with Crippen molar-refractivity contribution >= 4 is 35.1 Å². The molecule has 0 atom stereocenters. The molecular weight excluding hydrogens is 400 g/mol. The van der Waals surface area contributed by atoms with Crippen LogP contribution in [0.2, 0.25) is 0 Å². The van der Waals surface area contributed by atoms with E-state index in [0.29, 0.717) is 22.5 Å². The molecule has 0 saturated heterocycles. The second-order valence-electron chi connectivity index (χ2n) is 6.30.